The number of aromatic nitrogens is 3. The molecule has 0 aliphatic heterocycles. The Bertz CT molecular complexity index is 2160. The number of nitrogens with two attached hydrogens (primary N) is 1. The Hall–Kier alpha value is -5.54. The average molecular weight is 585 g/mol. The number of hydrogen-bond donors (Lipinski definition) is 1. The molecule has 3 heterocycles. The monoisotopic (exact) mass is 584 g/mol. The Morgan fingerprint density at radius 1 is 0.953 bits per heavy atom. The second-order valence-electron chi connectivity index (χ2n) is 10.1. The number of benzene rings is 4. The average Bonchev–Trinajstić information content (AvgIpc) is 3.59. The van der Waals surface area contributed by atoms with E-state index >= 15 is 0 Å². The number of ether oxygens (including phenoxy) is 1. The summed E-state index contributed by atoms with van der Waals surface area (Å²) in [6.45, 7) is 1.94. The van der Waals surface area contributed by atoms with E-state index in [1.165, 1.54) is 4.68 Å². The van der Waals surface area contributed by atoms with Crippen LogP contribution in [0.15, 0.2) is 102 Å². The van der Waals surface area contributed by atoms with E-state index in [1.807, 2.05) is 73.7 Å². The molecule has 0 unspecified atom stereocenters. The van der Waals surface area contributed by atoms with Crippen LogP contribution in [0.1, 0.15) is 20.9 Å². The Morgan fingerprint density at radius 2 is 1.70 bits per heavy atom. The topological polar surface area (TPSA) is 118 Å². The molecule has 7 aromatic rings. The third-order valence-electron chi connectivity index (χ3n) is 7.48. The molecular weight excluding hydrogens is 560 g/mol. The van der Waals surface area contributed by atoms with Gasteiger partial charge in [-0.1, -0.05) is 72.3 Å². The van der Waals surface area contributed by atoms with E-state index in [-0.39, 0.29) is 16.3 Å². The van der Waals surface area contributed by atoms with E-state index < -0.39 is 11.7 Å². The summed E-state index contributed by atoms with van der Waals surface area (Å²) in [6, 6.07) is 31.1. The largest absolute Gasteiger partial charge is 0.539 e. The fourth-order valence-electron chi connectivity index (χ4n) is 5.28. The first-order valence-corrected chi connectivity index (χ1v) is 14.3. The number of ketones is 1. The van der Waals surface area contributed by atoms with Crippen LogP contribution in [0, 0.1) is 6.92 Å². The first kappa shape index (κ1) is 26.4. The summed E-state index contributed by atoms with van der Waals surface area (Å²) < 4.78 is 11.5. The van der Waals surface area contributed by atoms with Crippen LogP contribution < -0.4 is 20.3 Å². The second kappa shape index (κ2) is 10.4. The normalized spacial score (nSPS) is 11.3. The molecule has 0 fully saturated rings. The second-order valence-corrected chi connectivity index (χ2v) is 11.1. The molecule has 0 aliphatic rings. The molecule has 0 atom stereocenters. The molecule has 0 saturated carbocycles. The Kier molecular flexibility index (Phi) is 6.36. The lowest BCUT2D eigenvalue weighted by Crippen LogP contribution is -2.39. The van der Waals surface area contributed by atoms with Crippen molar-refractivity contribution in [3.05, 3.63) is 113 Å². The van der Waals surface area contributed by atoms with Gasteiger partial charge in [0.05, 0.1) is 23.8 Å². The summed E-state index contributed by atoms with van der Waals surface area (Å²) in [5.74, 6) is -0.712. The molecule has 4 aromatic carbocycles. The minimum atomic E-state index is -0.845. The van der Waals surface area contributed by atoms with Gasteiger partial charge in [0, 0.05) is 23.1 Å². The number of aryl methyl sites for hydroxylation is 1. The predicted molar refractivity (Wildman–Crippen MR) is 165 cm³/mol. The van der Waals surface area contributed by atoms with Gasteiger partial charge in [0.15, 0.2) is 5.95 Å². The standard InChI is InChI=1S/C34H24N4O4S/c1-19-10-14-22(15-11-19)38-30(34(40)42-37-38)31(39)32-29(35)28-26(21-12-16-23(41-2)17-13-21)18-27(36-33(28)43-32)25-9-5-7-20-6-3-4-8-24(20)25/h3-18H,1-2H3,(H2-,35,37,39,40). The summed E-state index contributed by atoms with van der Waals surface area (Å²) >= 11 is 1.14. The Morgan fingerprint density at radius 3 is 2.47 bits per heavy atom. The molecular formula is C34H24N4O4S. The zero-order valence-corrected chi connectivity index (χ0v) is 24.0. The number of hydrogen-bond acceptors (Lipinski definition) is 8. The van der Waals surface area contributed by atoms with Gasteiger partial charge in [-0.3, -0.25) is 4.79 Å². The summed E-state index contributed by atoms with van der Waals surface area (Å²) in [4.78, 5) is 19.8. The van der Waals surface area contributed by atoms with Crippen molar-refractivity contribution in [3.8, 4) is 39.8 Å². The van der Waals surface area contributed by atoms with Gasteiger partial charge in [-0.25, -0.2) is 4.98 Å². The van der Waals surface area contributed by atoms with Gasteiger partial charge in [0.2, 0.25) is 5.69 Å². The van der Waals surface area contributed by atoms with E-state index in [0.29, 0.717) is 21.7 Å². The van der Waals surface area contributed by atoms with Crippen LogP contribution in [-0.4, -0.2) is 23.1 Å². The SMILES string of the molecule is COc1ccc(-c2cc(-c3cccc4ccccc34)nc3sc(C(=O)c4c([O-])on[n+]4-c4ccc(C)cc4)c(N)c23)cc1. The maximum Gasteiger partial charge on any atom is 0.312 e. The summed E-state index contributed by atoms with van der Waals surface area (Å²) in [6.07, 6.45) is 0. The van der Waals surface area contributed by atoms with Crippen LogP contribution >= 0.6 is 11.3 Å². The molecule has 210 valence electrons. The van der Waals surface area contributed by atoms with Crippen LogP contribution in [0.4, 0.5) is 5.69 Å². The first-order chi connectivity index (χ1) is 20.9. The molecule has 43 heavy (non-hydrogen) atoms. The van der Waals surface area contributed by atoms with E-state index in [9.17, 15) is 9.90 Å². The lowest BCUT2D eigenvalue weighted by atomic mass is 9.96. The van der Waals surface area contributed by atoms with Crippen molar-refractivity contribution in [1.29, 1.82) is 0 Å². The van der Waals surface area contributed by atoms with Crippen LogP contribution in [0.25, 0.3) is 49.1 Å². The summed E-state index contributed by atoms with van der Waals surface area (Å²) in [7, 11) is 1.62. The van der Waals surface area contributed by atoms with Gasteiger partial charge in [0.25, 0.3) is 5.78 Å². The third kappa shape index (κ3) is 4.47. The van der Waals surface area contributed by atoms with Crippen molar-refractivity contribution >= 4 is 43.8 Å². The van der Waals surface area contributed by atoms with Crippen molar-refractivity contribution in [3.63, 3.8) is 0 Å². The van der Waals surface area contributed by atoms with Crippen molar-refractivity contribution in [1.82, 2.24) is 10.3 Å². The number of fused-ring (bicyclic) bond motifs is 2. The smallest absolute Gasteiger partial charge is 0.312 e. The fraction of sp³-hybridized carbons (Fsp3) is 0.0588. The van der Waals surface area contributed by atoms with Gasteiger partial charge in [-0.15, -0.1) is 11.3 Å². The number of anilines is 1. The van der Waals surface area contributed by atoms with Gasteiger partial charge < -0.3 is 20.1 Å². The molecule has 7 rings (SSSR count). The van der Waals surface area contributed by atoms with Crippen molar-refractivity contribution in [2.45, 2.75) is 6.92 Å². The van der Waals surface area contributed by atoms with Crippen molar-refractivity contribution in [2.75, 3.05) is 12.8 Å². The van der Waals surface area contributed by atoms with Gasteiger partial charge >= 0.3 is 5.69 Å². The van der Waals surface area contributed by atoms with Crippen molar-refractivity contribution in [2.24, 2.45) is 0 Å². The molecule has 9 heteroatoms. The predicted octanol–water partition coefficient (Wildman–Crippen LogP) is 6.25. The highest BCUT2D eigenvalue weighted by atomic mass is 32.1. The van der Waals surface area contributed by atoms with Crippen molar-refractivity contribution < 1.29 is 23.8 Å². The number of carbonyl (C=O) groups excluding carboxylic acids is 1. The molecule has 8 nitrogen and oxygen atoms in total. The highest BCUT2D eigenvalue weighted by Gasteiger charge is 2.33. The highest BCUT2D eigenvalue weighted by Crippen LogP contribution is 2.43. The Balaban J connectivity index is 1.45. The molecule has 3 aromatic heterocycles. The molecule has 0 amide bonds. The summed E-state index contributed by atoms with van der Waals surface area (Å²) in [5.41, 5.74) is 11.7. The van der Waals surface area contributed by atoms with Gasteiger partial charge in [-0.2, -0.15) is 0 Å². The minimum Gasteiger partial charge on any atom is -0.539 e. The first-order valence-electron chi connectivity index (χ1n) is 13.5. The van der Waals surface area contributed by atoms with Crippen LogP contribution in [0.3, 0.4) is 0 Å². The number of thiophene rings is 1. The molecule has 0 aliphatic carbocycles. The molecule has 0 saturated heterocycles. The highest BCUT2D eigenvalue weighted by molar-refractivity contribution is 7.21. The number of methoxy groups -OCH3 is 1. The minimum absolute atomic E-state index is 0.188. The molecule has 0 radical (unpaired) electrons. The summed E-state index contributed by atoms with van der Waals surface area (Å²) in [5, 5.41) is 19.4. The fourth-order valence-corrected chi connectivity index (χ4v) is 6.34. The lowest BCUT2D eigenvalue weighted by molar-refractivity contribution is -0.672. The quantitative estimate of drug-likeness (QED) is 0.181. The maximum atomic E-state index is 14.0. The molecule has 2 N–H and O–H groups in total. The van der Waals surface area contributed by atoms with E-state index in [2.05, 4.69) is 23.5 Å². The molecule has 0 spiro atoms. The number of pyridine rings is 1. The molecule has 0 bridgehead atoms. The number of nitrogens with zero attached hydrogens (tertiary/aromatic N) is 3. The zero-order valence-electron chi connectivity index (χ0n) is 23.2. The van der Waals surface area contributed by atoms with E-state index in [1.54, 1.807) is 19.2 Å². The van der Waals surface area contributed by atoms with Crippen LogP contribution in [-0.2, 0) is 0 Å². The van der Waals surface area contributed by atoms with E-state index in [0.717, 1.165) is 50.1 Å². The van der Waals surface area contributed by atoms with Gasteiger partial charge in [-0.05, 0) is 51.7 Å². The Labute approximate surface area is 250 Å². The number of rotatable bonds is 6. The number of carbonyl (C=O) groups is 1. The third-order valence-corrected chi connectivity index (χ3v) is 8.57. The van der Waals surface area contributed by atoms with Crippen LogP contribution in [0.5, 0.6) is 11.7 Å². The zero-order chi connectivity index (χ0) is 29.7. The van der Waals surface area contributed by atoms with E-state index in [4.69, 9.17) is 20.0 Å². The van der Waals surface area contributed by atoms with Crippen LogP contribution in [0.2, 0.25) is 0 Å². The van der Waals surface area contributed by atoms with Gasteiger partial charge in [0.1, 0.15) is 15.5 Å². The lowest BCUT2D eigenvalue weighted by Gasteiger charge is -2.11. The number of nitrogen functional groups attached to an aromatic ring is 1. The maximum absolute atomic E-state index is 14.0.